The number of hydrogen-bond donors (Lipinski definition) is 1. The SMILES string of the molecule is CNC1c2ccccc2OCC1N(CCOC)CCOC. The number of ether oxygens (including phenoxy) is 3. The largest absolute Gasteiger partial charge is 0.492 e. The maximum Gasteiger partial charge on any atom is 0.124 e. The Labute approximate surface area is 127 Å². The second kappa shape index (κ2) is 8.34. The van der Waals surface area contributed by atoms with E-state index in [1.54, 1.807) is 14.2 Å². The topological polar surface area (TPSA) is 43.0 Å². The van der Waals surface area contributed by atoms with E-state index in [9.17, 15) is 0 Å². The van der Waals surface area contributed by atoms with Crippen molar-refractivity contribution in [2.45, 2.75) is 12.1 Å². The zero-order valence-corrected chi connectivity index (χ0v) is 13.2. The van der Waals surface area contributed by atoms with Crippen molar-refractivity contribution >= 4 is 0 Å². The van der Waals surface area contributed by atoms with Crippen molar-refractivity contribution in [2.75, 3.05) is 54.2 Å². The smallest absolute Gasteiger partial charge is 0.124 e. The molecule has 0 saturated carbocycles. The van der Waals surface area contributed by atoms with Crippen LogP contribution in [0.1, 0.15) is 11.6 Å². The van der Waals surface area contributed by atoms with Crippen LogP contribution in [-0.4, -0.2) is 65.1 Å². The quantitative estimate of drug-likeness (QED) is 0.783. The van der Waals surface area contributed by atoms with Crippen molar-refractivity contribution in [1.82, 2.24) is 10.2 Å². The number of nitrogens with one attached hydrogen (secondary N) is 1. The van der Waals surface area contributed by atoms with Crippen LogP contribution in [0.4, 0.5) is 0 Å². The van der Waals surface area contributed by atoms with E-state index >= 15 is 0 Å². The molecule has 118 valence electrons. The van der Waals surface area contributed by atoms with E-state index in [0.29, 0.717) is 19.8 Å². The van der Waals surface area contributed by atoms with Crippen molar-refractivity contribution in [3.63, 3.8) is 0 Å². The van der Waals surface area contributed by atoms with E-state index in [1.807, 2.05) is 19.2 Å². The molecule has 0 radical (unpaired) electrons. The minimum Gasteiger partial charge on any atom is -0.492 e. The summed E-state index contributed by atoms with van der Waals surface area (Å²) in [5.41, 5.74) is 1.22. The van der Waals surface area contributed by atoms with Crippen molar-refractivity contribution in [3.05, 3.63) is 29.8 Å². The van der Waals surface area contributed by atoms with Crippen LogP contribution in [-0.2, 0) is 9.47 Å². The minimum absolute atomic E-state index is 0.253. The number of nitrogens with zero attached hydrogens (tertiary/aromatic N) is 1. The number of methoxy groups -OCH3 is 2. The monoisotopic (exact) mass is 294 g/mol. The van der Waals surface area contributed by atoms with Crippen molar-refractivity contribution in [1.29, 1.82) is 0 Å². The lowest BCUT2D eigenvalue weighted by molar-refractivity contribution is 0.0435. The number of hydrogen-bond acceptors (Lipinski definition) is 5. The van der Waals surface area contributed by atoms with Crippen molar-refractivity contribution in [3.8, 4) is 5.75 Å². The molecule has 0 fully saturated rings. The highest BCUT2D eigenvalue weighted by atomic mass is 16.5. The van der Waals surface area contributed by atoms with Gasteiger partial charge in [-0.3, -0.25) is 4.90 Å². The Hall–Kier alpha value is -1.14. The van der Waals surface area contributed by atoms with E-state index < -0.39 is 0 Å². The highest BCUT2D eigenvalue weighted by molar-refractivity contribution is 5.38. The highest BCUT2D eigenvalue weighted by Gasteiger charge is 2.33. The molecule has 1 aromatic rings. The van der Waals surface area contributed by atoms with Gasteiger partial charge >= 0.3 is 0 Å². The molecule has 5 nitrogen and oxygen atoms in total. The molecule has 5 heteroatoms. The maximum atomic E-state index is 5.95. The van der Waals surface area contributed by atoms with Gasteiger partial charge < -0.3 is 19.5 Å². The summed E-state index contributed by atoms with van der Waals surface area (Å²) in [6, 6.07) is 8.76. The summed E-state index contributed by atoms with van der Waals surface area (Å²) in [4.78, 5) is 2.38. The molecule has 2 atom stereocenters. The van der Waals surface area contributed by atoms with Crippen LogP contribution in [0.3, 0.4) is 0 Å². The van der Waals surface area contributed by atoms with Gasteiger partial charge in [0.2, 0.25) is 0 Å². The molecule has 1 aliphatic rings. The maximum absolute atomic E-state index is 5.95. The van der Waals surface area contributed by atoms with Gasteiger partial charge in [0.05, 0.1) is 25.3 Å². The van der Waals surface area contributed by atoms with Crippen LogP contribution in [0, 0.1) is 0 Å². The Morgan fingerprint density at radius 1 is 1.19 bits per heavy atom. The van der Waals surface area contributed by atoms with Crippen molar-refractivity contribution < 1.29 is 14.2 Å². The summed E-state index contributed by atoms with van der Waals surface area (Å²) < 4.78 is 16.4. The Kier molecular flexibility index (Phi) is 6.45. The van der Waals surface area contributed by atoms with E-state index in [2.05, 4.69) is 22.3 Å². The number of rotatable bonds is 8. The number of para-hydroxylation sites is 1. The number of benzene rings is 1. The normalized spacial score (nSPS) is 21.1. The summed E-state index contributed by atoms with van der Waals surface area (Å²) >= 11 is 0. The molecule has 0 spiro atoms. The summed E-state index contributed by atoms with van der Waals surface area (Å²) in [6.07, 6.45) is 0. The Bertz CT molecular complexity index is 420. The van der Waals surface area contributed by atoms with Gasteiger partial charge in [-0.05, 0) is 13.1 Å². The van der Waals surface area contributed by atoms with Crippen LogP contribution >= 0.6 is 0 Å². The zero-order chi connectivity index (χ0) is 15.1. The van der Waals surface area contributed by atoms with E-state index in [-0.39, 0.29) is 12.1 Å². The summed E-state index contributed by atoms with van der Waals surface area (Å²) in [7, 11) is 5.47. The Morgan fingerprint density at radius 2 is 1.86 bits per heavy atom. The molecule has 2 rings (SSSR count). The predicted molar refractivity (Wildman–Crippen MR) is 82.9 cm³/mol. The van der Waals surface area contributed by atoms with Gasteiger partial charge in [-0.25, -0.2) is 0 Å². The Morgan fingerprint density at radius 3 is 2.48 bits per heavy atom. The van der Waals surface area contributed by atoms with Gasteiger partial charge in [0, 0.05) is 32.9 Å². The average Bonchev–Trinajstić information content (AvgIpc) is 2.54. The molecule has 0 saturated heterocycles. The average molecular weight is 294 g/mol. The first-order valence-electron chi connectivity index (χ1n) is 7.42. The molecule has 21 heavy (non-hydrogen) atoms. The lowest BCUT2D eigenvalue weighted by Crippen LogP contribution is -2.51. The third kappa shape index (κ3) is 3.95. The van der Waals surface area contributed by atoms with Gasteiger partial charge in [-0.15, -0.1) is 0 Å². The molecule has 1 aliphatic heterocycles. The lowest BCUT2D eigenvalue weighted by atomic mass is 9.95. The van der Waals surface area contributed by atoms with E-state index in [4.69, 9.17) is 14.2 Å². The first-order valence-corrected chi connectivity index (χ1v) is 7.42. The molecule has 0 aromatic heterocycles. The van der Waals surface area contributed by atoms with Crippen LogP contribution in [0.2, 0.25) is 0 Å². The number of likely N-dealkylation sites (N-methyl/N-ethyl adjacent to an activating group) is 1. The van der Waals surface area contributed by atoms with Gasteiger partial charge in [-0.2, -0.15) is 0 Å². The van der Waals surface area contributed by atoms with Gasteiger partial charge in [0.25, 0.3) is 0 Å². The zero-order valence-electron chi connectivity index (χ0n) is 13.2. The first kappa shape index (κ1) is 16.2. The van der Waals surface area contributed by atoms with E-state index in [0.717, 1.165) is 18.8 Å². The predicted octanol–water partition coefficient (Wildman–Crippen LogP) is 1.30. The van der Waals surface area contributed by atoms with Crippen LogP contribution in [0.5, 0.6) is 5.75 Å². The molecule has 0 bridgehead atoms. The van der Waals surface area contributed by atoms with Crippen LogP contribution in [0.15, 0.2) is 24.3 Å². The summed E-state index contributed by atoms with van der Waals surface area (Å²) in [5, 5.41) is 3.44. The fourth-order valence-electron chi connectivity index (χ4n) is 2.87. The third-order valence-corrected chi connectivity index (χ3v) is 3.99. The molecule has 0 amide bonds. The van der Waals surface area contributed by atoms with Crippen LogP contribution < -0.4 is 10.1 Å². The standard InChI is InChI=1S/C16H26N2O3/c1-17-16-13-6-4-5-7-15(13)21-12-14(16)18(8-10-19-2)9-11-20-3/h4-7,14,16-17H,8-12H2,1-3H3. The first-order chi connectivity index (χ1) is 10.3. The summed E-state index contributed by atoms with van der Waals surface area (Å²) in [5.74, 6) is 0.978. The molecule has 1 heterocycles. The van der Waals surface area contributed by atoms with Gasteiger partial charge in [0.15, 0.2) is 0 Å². The molecule has 1 N–H and O–H groups in total. The molecular weight excluding hydrogens is 268 g/mol. The molecule has 1 aromatic carbocycles. The fraction of sp³-hybridized carbons (Fsp3) is 0.625. The third-order valence-electron chi connectivity index (χ3n) is 3.99. The Balaban J connectivity index is 2.15. The second-order valence-corrected chi connectivity index (χ2v) is 5.20. The van der Waals surface area contributed by atoms with Gasteiger partial charge in [-0.1, -0.05) is 18.2 Å². The minimum atomic E-state index is 0.253. The lowest BCUT2D eigenvalue weighted by Gasteiger charge is -2.40. The molecule has 0 aliphatic carbocycles. The molecule has 2 unspecified atom stereocenters. The second-order valence-electron chi connectivity index (χ2n) is 5.20. The fourth-order valence-corrected chi connectivity index (χ4v) is 2.87. The van der Waals surface area contributed by atoms with E-state index in [1.165, 1.54) is 5.56 Å². The van der Waals surface area contributed by atoms with Gasteiger partial charge in [0.1, 0.15) is 12.4 Å². The molecular formula is C16H26N2O3. The summed E-state index contributed by atoms with van der Waals surface area (Å²) in [6.45, 7) is 3.83. The van der Waals surface area contributed by atoms with Crippen molar-refractivity contribution in [2.24, 2.45) is 0 Å². The van der Waals surface area contributed by atoms with Crippen LogP contribution in [0.25, 0.3) is 0 Å². The highest BCUT2D eigenvalue weighted by Crippen LogP contribution is 2.33. The number of fused-ring (bicyclic) bond motifs is 1.